The minimum atomic E-state index is 0.0891. The predicted molar refractivity (Wildman–Crippen MR) is 86.4 cm³/mol. The van der Waals surface area contributed by atoms with Crippen molar-refractivity contribution in [3.63, 3.8) is 0 Å². The normalized spacial score (nSPS) is 10.8. The number of hydrogen-bond acceptors (Lipinski definition) is 3. The van der Waals surface area contributed by atoms with E-state index in [1.807, 2.05) is 30.3 Å². The number of carbonyl (C=O) groups is 1. The van der Waals surface area contributed by atoms with Gasteiger partial charge in [-0.25, -0.2) is 0 Å². The summed E-state index contributed by atoms with van der Waals surface area (Å²) in [6.07, 6.45) is 1.32. The van der Waals surface area contributed by atoms with Crippen LogP contribution in [0.1, 0.15) is 25.8 Å². The number of rotatable bonds is 11. The second-order valence-corrected chi connectivity index (χ2v) is 4.97. The summed E-state index contributed by atoms with van der Waals surface area (Å²) in [5.74, 6) is 0.0891. The number of likely N-dealkylation sites (N-methyl/N-ethyl adjacent to an activating group) is 1. The molecule has 4 heteroatoms. The molecule has 0 aliphatic carbocycles. The number of amides is 1. The lowest BCUT2D eigenvalue weighted by atomic mass is 10.1. The topological polar surface area (TPSA) is 41.6 Å². The van der Waals surface area contributed by atoms with Crippen molar-refractivity contribution in [2.45, 2.75) is 26.7 Å². The van der Waals surface area contributed by atoms with Gasteiger partial charge >= 0.3 is 0 Å². The Hall–Kier alpha value is -1.39. The molecule has 4 nitrogen and oxygen atoms in total. The van der Waals surface area contributed by atoms with Gasteiger partial charge in [-0.2, -0.15) is 0 Å². The summed E-state index contributed by atoms with van der Waals surface area (Å²) in [5, 5.41) is 2.89. The van der Waals surface area contributed by atoms with Crippen molar-refractivity contribution in [2.24, 2.45) is 0 Å². The minimum Gasteiger partial charge on any atom is -0.378 e. The third-order valence-corrected chi connectivity index (χ3v) is 3.50. The largest absolute Gasteiger partial charge is 0.378 e. The fourth-order valence-electron chi connectivity index (χ4n) is 2.09. The molecular weight excluding hydrogens is 264 g/mol. The number of benzene rings is 1. The highest BCUT2D eigenvalue weighted by molar-refractivity contribution is 5.76. The first-order valence-electron chi connectivity index (χ1n) is 7.87. The van der Waals surface area contributed by atoms with Crippen molar-refractivity contribution in [3.05, 3.63) is 35.9 Å². The van der Waals surface area contributed by atoms with E-state index >= 15 is 0 Å². The molecule has 0 aliphatic heterocycles. The van der Waals surface area contributed by atoms with E-state index in [0.717, 1.165) is 32.7 Å². The van der Waals surface area contributed by atoms with Gasteiger partial charge in [-0.15, -0.1) is 0 Å². The highest BCUT2D eigenvalue weighted by Gasteiger charge is 2.02. The maximum absolute atomic E-state index is 11.7. The van der Waals surface area contributed by atoms with Crippen LogP contribution in [0.15, 0.2) is 30.3 Å². The Balaban J connectivity index is 1.98. The average Bonchev–Trinajstić information content (AvgIpc) is 2.53. The maximum Gasteiger partial charge on any atom is 0.220 e. The quantitative estimate of drug-likeness (QED) is 0.635. The first-order chi connectivity index (χ1) is 10.3. The summed E-state index contributed by atoms with van der Waals surface area (Å²) in [4.78, 5) is 14.0. The summed E-state index contributed by atoms with van der Waals surface area (Å²) >= 11 is 0. The zero-order valence-corrected chi connectivity index (χ0v) is 13.3. The second kappa shape index (κ2) is 11.3. The van der Waals surface area contributed by atoms with E-state index in [0.29, 0.717) is 19.6 Å². The Labute approximate surface area is 128 Å². The van der Waals surface area contributed by atoms with Gasteiger partial charge in [0.05, 0.1) is 13.2 Å². The monoisotopic (exact) mass is 292 g/mol. The van der Waals surface area contributed by atoms with Crippen LogP contribution in [0, 0.1) is 0 Å². The summed E-state index contributed by atoms with van der Waals surface area (Å²) in [5.41, 5.74) is 1.20. The summed E-state index contributed by atoms with van der Waals surface area (Å²) in [6, 6.07) is 10.1. The lowest BCUT2D eigenvalue weighted by Crippen LogP contribution is -2.30. The van der Waals surface area contributed by atoms with Crippen molar-refractivity contribution in [2.75, 3.05) is 39.4 Å². The highest BCUT2D eigenvalue weighted by atomic mass is 16.5. The Morgan fingerprint density at radius 3 is 2.52 bits per heavy atom. The van der Waals surface area contributed by atoms with Gasteiger partial charge in [0.2, 0.25) is 5.91 Å². The van der Waals surface area contributed by atoms with Crippen LogP contribution in [0.25, 0.3) is 0 Å². The number of ether oxygens (including phenoxy) is 1. The molecule has 1 amide bonds. The molecule has 21 heavy (non-hydrogen) atoms. The van der Waals surface area contributed by atoms with Crippen LogP contribution < -0.4 is 5.32 Å². The zero-order valence-electron chi connectivity index (χ0n) is 13.3. The molecule has 0 atom stereocenters. The Bertz CT molecular complexity index is 378. The first kappa shape index (κ1) is 17.7. The highest BCUT2D eigenvalue weighted by Crippen LogP contribution is 2.01. The molecule has 0 heterocycles. The molecule has 0 bridgehead atoms. The molecule has 1 aromatic carbocycles. The number of nitrogens with zero attached hydrogens (tertiary/aromatic N) is 1. The molecule has 0 spiro atoms. The maximum atomic E-state index is 11.7. The lowest BCUT2D eigenvalue weighted by molar-refractivity contribution is -0.121. The molecule has 1 N–H and O–H groups in total. The van der Waals surface area contributed by atoms with E-state index < -0.39 is 0 Å². The molecule has 0 radical (unpaired) electrons. The number of aryl methyl sites for hydroxylation is 1. The van der Waals surface area contributed by atoms with Gasteiger partial charge in [0, 0.05) is 19.5 Å². The third kappa shape index (κ3) is 8.48. The number of hydrogen-bond donors (Lipinski definition) is 1. The molecule has 1 rings (SSSR count). The Morgan fingerprint density at radius 1 is 1.14 bits per heavy atom. The van der Waals surface area contributed by atoms with Gasteiger partial charge < -0.3 is 15.0 Å². The molecular formula is C17H28N2O2. The van der Waals surface area contributed by atoms with Gasteiger partial charge in [0.15, 0.2) is 0 Å². The van der Waals surface area contributed by atoms with Gasteiger partial charge in [0.25, 0.3) is 0 Å². The fourth-order valence-corrected chi connectivity index (χ4v) is 2.09. The van der Waals surface area contributed by atoms with Crippen LogP contribution in [0.3, 0.4) is 0 Å². The van der Waals surface area contributed by atoms with Crippen LogP contribution in [0.2, 0.25) is 0 Å². The van der Waals surface area contributed by atoms with Crippen molar-refractivity contribution < 1.29 is 9.53 Å². The average molecular weight is 292 g/mol. The molecule has 0 aliphatic rings. The summed E-state index contributed by atoms with van der Waals surface area (Å²) < 4.78 is 5.52. The van der Waals surface area contributed by atoms with E-state index in [-0.39, 0.29) is 5.91 Å². The van der Waals surface area contributed by atoms with E-state index in [1.165, 1.54) is 5.56 Å². The van der Waals surface area contributed by atoms with E-state index in [9.17, 15) is 4.79 Å². The molecule has 1 aromatic rings. The molecule has 0 saturated carbocycles. The molecule has 0 aromatic heterocycles. The lowest BCUT2D eigenvalue weighted by Gasteiger charge is -2.17. The standard InChI is InChI=1S/C17H28N2O2/c1-3-19(4-2)13-15-21-14-12-18-17(20)11-10-16-8-6-5-7-9-16/h5-9H,3-4,10-15H2,1-2H3,(H,18,20). The van der Waals surface area contributed by atoms with Gasteiger partial charge in [0.1, 0.15) is 0 Å². The number of nitrogens with one attached hydrogen (secondary N) is 1. The molecule has 0 unspecified atom stereocenters. The van der Waals surface area contributed by atoms with Gasteiger partial charge in [-0.3, -0.25) is 4.79 Å². The van der Waals surface area contributed by atoms with Crippen molar-refractivity contribution in [3.8, 4) is 0 Å². The Kier molecular flexibility index (Phi) is 9.49. The molecule has 118 valence electrons. The van der Waals surface area contributed by atoms with Gasteiger partial charge in [-0.05, 0) is 25.1 Å². The first-order valence-corrected chi connectivity index (χ1v) is 7.87. The van der Waals surface area contributed by atoms with E-state index in [4.69, 9.17) is 4.74 Å². The summed E-state index contributed by atoms with van der Waals surface area (Å²) in [6.45, 7) is 9.25. The van der Waals surface area contributed by atoms with Gasteiger partial charge in [-0.1, -0.05) is 44.2 Å². The van der Waals surface area contributed by atoms with Crippen LogP contribution in [0.5, 0.6) is 0 Å². The van der Waals surface area contributed by atoms with Crippen LogP contribution in [-0.2, 0) is 16.0 Å². The van der Waals surface area contributed by atoms with Crippen LogP contribution in [0.4, 0.5) is 0 Å². The van der Waals surface area contributed by atoms with Crippen molar-refractivity contribution in [1.82, 2.24) is 10.2 Å². The zero-order chi connectivity index (χ0) is 15.3. The summed E-state index contributed by atoms with van der Waals surface area (Å²) in [7, 11) is 0. The Morgan fingerprint density at radius 2 is 1.86 bits per heavy atom. The minimum absolute atomic E-state index is 0.0891. The van der Waals surface area contributed by atoms with Crippen LogP contribution >= 0.6 is 0 Å². The predicted octanol–water partition coefficient (Wildman–Crippen LogP) is 2.09. The van der Waals surface area contributed by atoms with E-state index in [1.54, 1.807) is 0 Å². The molecule has 0 saturated heterocycles. The molecule has 0 fully saturated rings. The third-order valence-electron chi connectivity index (χ3n) is 3.50. The SMILES string of the molecule is CCN(CC)CCOCCNC(=O)CCc1ccccc1. The smallest absolute Gasteiger partial charge is 0.220 e. The van der Waals surface area contributed by atoms with Crippen LogP contribution in [-0.4, -0.2) is 50.2 Å². The number of carbonyl (C=O) groups excluding carboxylic acids is 1. The fraction of sp³-hybridized carbons (Fsp3) is 0.588. The van der Waals surface area contributed by atoms with Crippen molar-refractivity contribution in [1.29, 1.82) is 0 Å². The van der Waals surface area contributed by atoms with Crippen molar-refractivity contribution >= 4 is 5.91 Å². The second-order valence-electron chi connectivity index (χ2n) is 4.97. The van der Waals surface area contributed by atoms with E-state index in [2.05, 4.69) is 24.1 Å².